The molecule has 16 heteroatoms. The van der Waals surface area contributed by atoms with Crippen LogP contribution in [0.15, 0.2) is 472 Å². The molecule has 14 nitrogen and oxygen atoms in total. The van der Waals surface area contributed by atoms with Crippen LogP contribution >= 0.6 is 14.3 Å². The van der Waals surface area contributed by atoms with Crippen LogP contribution < -0.4 is 31.8 Å². The van der Waals surface area contributed by atoms with Crippen LogP contribution in [0, 0.1) is 0 Å². The molecule has 0 saturated heterocycles. The van der Waals surface area contributed by atoms with Crippen LogP contribution in [0.1, 0.15) is 0 Å². The minimum absolute atomic E-state index is 0.638. The van der Waals surface area contributed by atoms with Crippen molar-refractivity contribution in [3.8, 4) is 78.7 Å². The molecule has 0 N–H and O–H groups in total. The Bertz CT molecular complexity index is 8430. The van der Waals surface area contributed by atoms with Gasteiger partial charge in [0.2, 0.25) is 5.89 Å². The van der Waals surface area contributed by atoms with Gasteiger partial charge < -0.3 is 13.5 Å². The molecule has 0 aliphatic rings. The molecule has 0 saturated carbocycles. The monoisotopic (exact) mass is 1700 g/mol. The van der Waals surface area contributed by atoms with Crippen LogP contribution in [0.25, 0.3) is 166 Å². The van der Waals surface area contributed by atoms with Crippen LogP contribution in [0.3, 0.4) is 0 Å². The zero-order valence-electron chi connectivity index (χ0n) is 69.5. The number of hydrogen-bond donors (Lipinski definition) is 0. The fourth-order valence-corrected chi connectivity index (χ4v) is 22.9. The maximum atomic E-state index is 14.6. The Hall–Kier alpha value is -16.6. The minimum Gasteiger partial charge on any atom is -0.436 e. The number of oxazole rings is 1. The number of nitrogens with zero attached hydrogens (tertiary/aromatic N) is 11. The number of para-hydroxylation sites is 7. The number of pyridine rings is 4. The predicted molar refractivity (Wildman–Crippen MR) is 528 cm³/mol. The summed E-state index contributed by atoms with van der Waals surface area (Å²) >= 11 is 0. The van der Waals surface area contributed by atoms with E-state index in [0.29, 0.717) is 11.7 Å². The zero-order valence-corrected chi connectivity index (χ0v) is 71.3. The van der Waals surface area contributed by atoms with Crippen LogP contribution in [0.2, 0.25) is 0 Å². The van der Waals surface area contributed by atoms with Crippen molar-refractivity contribution in [1.29, 1.82) is 0 Å². The summed E-state index contributed by atoms with van der Waals surface area (Å²) in [4.78, 5) is 15.0. The number of aromatic nitrogens is 11. The van der Waals surface area contributed by atoms with Gasteiger partial charge in [0.15, 0.2) is 25.7 Å². The Kier molecular flexibility index (Phi) is 20.5. The second-order valence-electron chi connectivity index (χ2n) is 31.5. The highest BCUT2D eigenvalue weighted by Crippen LogP contribution is 2.46. The summed E-state index contributed by atoms with van der Waals surface area (Å²) in [5.41, 5.74) is 23.2. The molecule has 0 bridgehead atoms. The van der Waals surface area contributed by atoms with E-state index in [4.69, 9.17) is 19.5 Å². The lowest BCUT2D eigenvalue weighted by molar-refractivity contribution is 0.591. The van der Waals surface area contributed by atoms with E-state index in [1.165, 1.54) is 16.5 Å². The van der Waals surface area contributed by atoms with E-state index in [9.17, 15) is 9.13 Å². The first kappa shape index (κ1) is 78.4. The van der Waals surface area contributed by atoms with Gasteiger partial charge in [-0.05, 0) is 101 Å². The molecule has 15 aromatic carbocycles. The van der Waals surface area contributed by atoms with Gasteiger partial charge in [-0.3, -0.25) is 0 Å². The van der Waals surface area contributed by atoms with Crippen molar-refractivity contribution in [3.05, 3.63) is 468 Å². The Morgan fingerprint density at radius 1 is 0.233 bits per heavy atom. The molecule has 0 atom stereocenters. The van der Waals surface area contributed by atoms with Crippen molar-refractivity contribution in [2.24, 2.45) is 0 Å². The predicted octanol–water partition coefficient (Wildman–Crippen LogP) is 25.0. The van der Waals surface area contributed by atoms with Gasteiger partial charge in [0, 0.05) is 81.3 Å². The molecule has 10 heterocycles. The fraction of sp³-hybridized carbons (Fsp3) is 0. The van der Waals surface area contributed by atoms with Gasteiger partial charge in [0.25, 0.3) is 0 Å². The quantitative estimate of drug-likeness (QED) is 0.102. The Balaban J connectivity index is 0.000000103. The SMILES string of the molecule is O=P(c1ccccc1)(c1ccccc1)c1ccc(-c2cnn3c2ccc2ccccc23)cc1.O=P(c1ccccc1)(c1ccccc1)c1cnn2c1ccc1ccccc12.c1ccc(-c2ccc(-c3nc(-c4c(-c5ccccc5)nn5c4ccc4ccccc45)nc4ccccc34)cc2)cc1.c1ccc2c(c1)ccc1c(-c3ccc(-c4nc5ccccc5o4)cc3)cnn12. The van der Waals surface area contributed by atoms with Crippen molar-refractivity contribution in [1.82, 2.24) is 53.4 Å². The van der Waals surface area contributed by atoms with Crippen LogP contribution in [0.5, 0.6) is 0 Å². The summed E-state index contributed by atoms with van der Waals surface area (Å²) in [7, 11) is -6.01. The fourth-order valence-electron chi connectivity index (χ4n) is 17.5. The zero-order chi connectivity index (χ0) is 86.2. The van der Waals surface area contributed by atoms with Crippen molar-refractivity contribution in [3.63, 3.8) is 0 Å². The second-order valence-corrected chi connectivity index (χ2v) is 37.0. The summed E-state index contributed by atoms with van der Waals surface area (Å²) in [5, 5.41) is 29.5. The van der Waals surface area contributed by atoms with E-state index in [1.807, 2.05) is 285 Å². The lowest BCUT2D eigenvalue weighted by Gasteiger charge is -2.20. The van der Waals surface area contributed by atoms with E-state index < -0.39 is 14.3 Å². The van der Waals surface area contributed by atoms with E-state index in [1.54, 1.807) is 6.20 Å². The van der Waals surface area contributed by atoms with Crippen molar-refractivity contribution < 1.29 is 13.5 Å². The molecule has 129 heavy (non-hydrogen) atoms. The Morgan fingerprint density at radius 2 is 0.589 bits per heavy atom. The van der Waals surface area contributed by atoms with E-state index in [0.717, 1.165) is 170 Å². The third-order valence-electron chi connectivity index (χ3n) is 23.9. The Labute approximate surface area is 742 Å². The molecule has 0 unspecified atom stereocenters. The molecule has 612 valence electrons. The minimum atomic E-state index is -3.04. The molecule has 0 spiro atoms. The van der Waals surface area contributed by atoms with E-state index in [-0.39, 0.29) is 0 Å². The molecule has 0 amide bonds. The molecule has 0 aliphatic heterocycles. The van der Waals surface area contributed by atoms with Crippen LogP contribution in [-0.4, -0.2) is 53.4 Å². The van der Waals surface area contributed by atoms with Gasteiger partial charge >= 0.3 is 0 Å². The average molecular weight is 1700 g/mol. The maximum absolute atomic E-state index is 14.6. The number of benzene rings is 15. The molecule has 0 radical (unpaired) electrons. The summed E-state index contributed by atoms with van der Waals surface area (Å²) in [6.45, 7) is 0. The third kappa shape index (κ3) is 14.6. The summed E-state index contributed by atoms with van der Waals surface area (Å²) in [6, 6.07) is 151. The first-order chi connectivity index (χ1) is 63.7. The van der Waals surface area contributed by atoms with Gasteiger partial charge in [0.1, 0.15) is 11.2 Å². The maximum Gasteiger partial charge on any atom is 0.227 e. The number of fused-ring (bicyclic) bond motifs is 14. The van der Waals surface area contributed by atoms with E-state index >= 15 is 0 Å². The van der Waals surface area contributed by atoms with Gasteiger partial charge in [-0.2, -0.15) is 20.4 Å². The van der Waals surface area contributed by atoms with E-state index in [2.05, 4.69) is 214 Å². The molecule has 25 aromatic rings. The lowest BCUT2D eigenvalue weighted by Crippen LogP contribution is -2.24. The summed E-state index contributed by atoms with van der Waals surface area (Å²) in [5.74, 6) is 1.30. The van der Waals surface area contributed by atoms with Gasteiger partial charge in [-0.1, -0.05) is 370 Å². The van der Waals surface area contributed by atoms with Gasteiger partial charge in [-0.25, -0.2) is 33.0 Å². The second kappa shape index (κ2) is 33.8. The largest absolute Gasteiger partial charge is 0.436 e. The van der Waals surface area contributed by atoms with Gasteiger partial charge in [-0.15, -0.1) is 0 Å². The molecule has 0 fully saturated rings. The van der Waals surface area contributed by atoms with Crippen molar-refractivity contribution >= 4 is 134 Å². The molecule has 10 aromatic heterocycles. The summed E-state index contributed by atoms with van der Waals surface area (Å²) < 4.78 is 42.9. The number of hydrogen-bond acceptors (Lipinski definition) is 10. The molecular formula is C113H77N11O3P2. The normalized spacial score (nSPS) is 11.6. The number of rotatable bonds is 13. The van der Waals surface area contributed by atoms with Crippen LogP contribution in [-0.2, 0) is 9.13 Å². The third-order valence-corrected chi connectivity index (χ3v) is 30.0. The first-order valence-electron chi connectivity index (χ1n) is 42.7. The average Bonchev–Trinajstić information content (AvgIpc) is 1.65. The van der Waals surface area contributed by atoms with Crippen LogP contribution in [0.4, 0.5) is 0 Å². The highest BCUT2D eigenvalue weighted by Gasteiger charge is 2.34. The molecule has 25 rings (SSSR count). The topological polar surface area (TPSA) is 155 Å². The highest BCUT2D eigenvalue weighted by molar-refractivity contribution is 7.86. The first-order valence-corrected chi connectivity index (χ1v) is 46.1. The van der Waals surface area contributed by atoms with Crippen molar-refractivity contribution in [2.75, 3.05) is 0 Å². The highest BCUT2D eigenvalue weighted by atomic mass is 31.2. The Morgan fingerprint density at radius 3 is 1.10 bits per heavy atom. The smallest absolute Gasteiger partial charge is 0.227 e. The molecule has 0 aliphatic carbocycles. The summed E-state index contributed by atoms with van der Waals surface area (Å²) in [6.07, 6.45) is 5.60. The van der Waals surface area contributed by atoms with Gasteiger partial charge in [0.05, 0.1) is 84.8 Å². The lowest BCUT2D eigenvalue weighted by atomic mass is 10.0. The van der Waals surface area contributed by atoms with Crippen molar-refractivity contribution in [2.45, 2.75) is 0 Å². The standard InChI is InChI=1S/C37H24N4.C29H21N2OP.C24H15N3O.C23H17N2OP/c1-3-11-25(12-4-1)26-19-21-29(22-20-26)35-30-16-8-9-17-31(30)38-37(39-35)34-33-24-23-27-13-7-10-18-32(27)41(33)40-36(34)28-14-5-2-6-15-28;32-33(24-10-3-1-4-11-24,25-12-5-2-6-13-25)26-18-15-22(16-19-26)27-21-30-31-28-14-8-7-9-23(28)17-20-29(27)31;1-3-7-21-17(5-1)13-14-22-19(15-25-27(21)22)16-9-11-18(12-10-16)24-26-20-6-2-4-8-23(20)28-24;26-27(19-10-3-1-4-11-19,20-12-5-2-6-13-20)23-17-24-25-21-14-8-7-9-18(21)15-16-22(23)25/h1-24H;1-21H;1-15H;1-17H. The molecular weight excluding hydrogens is 1620 g/mol.